The summed E-state index contributed by atoms with van der Waals surface area (Å²) < 4.78 is 0. The van der Waals surface area contributed by atoms with Crippen molar-refractivity contribution in [3.63, 3.8) is 0 Å². The van der Waals surface area contributed by atoms with Crippen molar-refractivity contribution < 1.29 is 0 Å². The van der Waals surface area contributed by atoms with Crippen molar-refractivity contribution in [3.8, 4) is 0 Å². The molecule has 0 unspecified atom stereocenters. The number of halogens is 1. The summed E-state index contributed by atoms with van der Waals surface area (Å²) in [5.41, 5.74) is 3.56. The van der Waals surface area contributed by atoms with Gasteiger partial charge in [-0.15, -0.1) is 35.3 Å². The van der Waals surface area contributed by atoms with Gasteiger partial charge in [-0.25, -0.2) is 9.98 Å². The Balaban J connectivity index is 0.00000264. The van der Waals surface area contributed by atoms with E-state index in [2.05, 4.69) is 71.0 Å². The van der Waals surface area contributed by atoms with E-state index in [4.69, 9.17) is 0 Å². The third-order valence-corrected chi connectivity index (χ3v) is 4.27. The standard InChI is InChI=1S/C17H24N4S.HI/c1-4-16-21-15(12-22-16)11-20-17(18-5-2)19-10-14-8-6-13(3)7-9-14;/h6-9,12H,4-5,10-11H2,1-3H3,(H2,18,19,20);1H. The van der Waals surface area contributed by atoms with Gasteiger partial charge in [0.05, 0.1) is 23.8 Å². The number of rotatable bonds is 6. The average Bonchev–Trinajstić information content (AvgIpc) is 3.00. The van der Waals surface area contributed by atoms with Crippen molar-refractivity contribution in [3.05, 3.63) is 51.5 Å². The van der Waals surface area contributed by atoms with E-state index in [0.29, 0.717) is 13.1 Å². The Morgan fingerprint density at radius 3 is 2.52 bits per heavy atom. The van der Waals surface area contributed by atoms with E-state index in [9.17, 15) is 0 Å². The number of hydrogen-bond donors (Lipinski definition) is 2. The number of guanidine groups is 1. The predicted octanol–water partition coefficient (Wildman–Crippen LogP) is 3.89. The molecule has 0 aliphatic heterocycles. The van der Waals surface area contributed by atoms with E-state index in [1.54, 1.807) is 11.3 Å². The molecule has 0 aliphatic carbocycles. The molecule has 6 heteroatoms. The first-order valence-corrected chi connectivity index (χ1v) is 8.60. The topological polar surface area (TPSA) is 49.3 Å². The lowest BCUT2D eigenvalue weighted by Gasteiger charge is -2.10. The third kappa shape index (κ3) is 6.87. The zero-order valence-corrected chi connectivity index (χ0v) is 17.1. The van der Waals surface area contributed by atoms with Crippen molar-refractivity contribution in [1.82, 2.24) is 15.6 Å². The van der Waals surface area contributed by atoms with E-state index in [0.717, 1.165) is 24.6 Å². The van der Waals surface area contributed by atoms with Crippen LogP contribution in [0.15, 0.2) is 34.6 Å². The minimum absolute atomic E-state index is 0. The number of aliphatic imine (C=N–C) groups is 1. The highest BCUT2D eigenvalue weighted by Gasteiger charge is 2.02. The van der Waals surface area contributed by atoms with Crippen molar-refractivity contribution in [2.45, 2.75) is 40.3 Å². The fourth-order valence-corrected chi connectivity index (χ4v) is 2.72. The van der Waals surface area contributed by atoms with Crippen LogP contribution >= 0.6 is 35.3 Å². The van der Waals surface area contributed by atoms with Crippen LogP contribution in [0.3, 0.4) is 0 Å². The highest BCUT2D eigenvalue weighted by atomic mass is 127. The van der Waals surface area contributed by atoms with Gasteiger partial charge in [0.15, 0.2) is 5.96 Å². The molecule has 0 atom stereocenters. The van der Waals surface area contributed by atoms with Gasteiger partial charge >= 0.3 is 0 Å². The van der Waals surface area contributed by atoms with E-state index < -0.39 is 0 Å². The van der Waals surface area contributed by atoms with Gasteiger partial charge in [0.2, 0.25) is 0 Å². The molecule has 1 aromatic heterocycles. The summed E-state index contributed by atoms with van der Waals surface area (Å²) in [7, 11) is 0. The van der Waals surface area contributed by atoms with Crippen LogP contribution in [0, 0.1) is 6.92 Å². The molecule has 2 aromatic rings. The van der Waals surface area contributed by atoms with Gasteiger partial charge in [0.1, 0.15) is 0 Å². The number of aromatic nitrogens is 1. The summed E-state index contributed by atoms with van der Waals surface area (Å²) in [5, 5.41) is 9.89. The molecule has 0 saturated heterocycles. The maximum absolute atomic E-state index is 4.63. The minimum atomic E-state index is 0. The number of aryl methyl sites for hydroxylation is 2. The molecule has 2 rings (SSSR count). The molecule has 1 heterocycles. The first-order chi connectivity index (χ1) is 10.7. The molecule has 0 saturated carbocycles. The van der Waals surface area contributed by atoms with Crippen LogP contribution in [-0.4, -0.2) is 17.5 Å². The summed E-state index contributed by atoms with van der Waals surface area (Å²) in [6.07, 6.45) is 0.992. The third-order valence-electron chi connectivity index (χ3n) is 3.22. The van der Waals surface area contributed by atoms with E-state index in [-0.39, 0.29) is 24.0 Å². The van der Waals surface area contributed by atoms with Crippen LogP contribution in [-0.2, 0) is 19.5 Å². The molecule has 0 radical (unpaired) electrons. The fraction of sp³-hybridized carbons (Fsp3) is 0.412. The second-order valence-electron chi connectivity index (χ2n) is 5.12. The first-order valence-electron chi connectivity index (χ1n) is 7.72. The lowest BCUT2D eigenvalue weighted by Crippen LogP contribution is -2.36. The van der Waals surface area contributed by atoms with Crippen LogP contribution in [0.5, 0.6) is 0 Å². The molecular weight excluding hydrogens is 419 g/mol. The summed E-state index contributed by atoms with van der Waals surface area (Å²) in [5.74, 6) is 0.828. The summed E-state index contributed by atoms with van der Waals surface area (Å²) in [6, 6.07) is 8.48. The van der Waals surface area contributed by atoms with Gasteiger partial charge in [0, 0.05) is 11.9 Å². The molecule has 0 spiro atoms. The number of benzene rings is 1. The Morgan fingerprint density at radius 2 is 1.91 bits per heavy atom. The quantitative estimate of drug-likeness (QED) is 0.404. The smallest absolute Gasteiger partial charge is 0.191 e. The van der Waals surface area contributed by atoms with Crippen LogP contribution in [0.25, 0.3) is 0 Å². The van der Waals surface area contributed by atoms with Gasteiger partial charge in [-0.2, -0.15) is 0 Å². The zero-order valence-electron chi connectivity index (χ0n) is 13.9. The van der Waals surface area contributed by atoms with Gasteiger partial charge in [-0.1, -0.05) is 36.8 Å². The molecule has 0 bridgehead atoms. The molecule has 0 aliphatic rings. The SMILES string of the molecule is CCNC(=NCc1ccc(C)cc1)NCc1csc(CC)n1.I. The van der Waals surface area contributed by atoms with Crippen LogP contribution < -0.4 is 10.6 Å². The summed E-state index contributed by atoms with van der Waals surface area (Å²) in [4.78, 5) is 9.19. The monoisotopic (exact) mass is 444 g/mol. The first kappa shape index (κ1) is 19.9. The Kier molecular flexibility index (Phi) is 9.16. The molecular formula is C17H25IN4S. The van der Waals surface area contributed by atoms with E-state index >= 15 is 0 Å². The Labute approximate surface area is 159 Å². The maximum atomic E-state index is 4.63. The summed E-state index contributed by atoms with van der Waals surface area (Å²) in [6.45, 7) is 8.52. The van der Waals surface area contributed by atoms with E-state index in [1.165, 1.54) is 16.1 Å². The van der Waals surface area contributed by atoms with Crippen LogP contribution in [0.4, 0.5) is 0 Å². The van der Waals surface area contributed by atoms with Crippen LogP contribution in [0.2, 0.25) is 0 Å². The molecule has 126 valence electrons. The van der Waals surface area contributed by atoms with Gasteiger partial charge in [0.25, 0.3) is 0 Å². The number of hydrogen-bond acceptors (Lipinski definition) is 3. The highest BCUT2D eigenvalue weighted by Crippen LogP contribution is 2.09. The second kappa shape index (κ2) is 10.6. The zero-order chi connectivity index (χ0) is 15.8. The Bertz CT molecular complexity index is 607. The Hall–Kier alpha value is -1.15. The molecule has 1 aromatic carbocycles. The lowest BCUT2D eigenvalue weighted by atomic mass is 10.1. The Morgan fingerprint density at radius 1 is 1.17 bits per heavy atom. The molecule has 23 heavy (non-hydrogen) atoms. The largest absolute Gasteiger partial charge is 0.357 e. The van der Waals surface area contributed by atoms with E-state index in [1.807, 2.05) is 0 Å². The molecule has 2 N–H and O–H groups in total. The lowest BCUT2D eigenvalue weighted by molar-refractivity contribution is 0.800. The van der Waals surface area contributed by atoms with Crippen molar-refractivity contribution in [1.29, 1.82) is 0 Å². The fourth-order valence-electron chi connectivity index (χ4n) is 1.97. The van der Waals surface area contributed by atoms with Gasteiger partial charge in [-0.3, -0.25) is 0 Å². The van der Waals surface area contributed by atoms with Crippen molar-refractivity contribution >= 4 is 41.3 Å². The molecule has 0 fully saturated rings. The predicted molar refractivity (Wildman–Crippen MR) is 110 cm³/mol. The average molecular weight is 444 g/mol. The minimum Gasteiger partial charge on any atom is -0.357 e. The number of nitrogens with one attached hydrogen (secondary N) is 2. The van der Waals surface area contributed by atoms with Crippen LogP contribution in [0.1, 0.15) is 35.7 Å². The van der Waals surface area contributed by atoms with Gasteiger partial charge in [-0.05, 0) is 25.8 Å². The second-order valence-corrected chi connectivity index (χ2v) is 6.06. The van der Waals surface area contributed by atoms with Crippen molar-refractivity contribution in [2.75, 3.05) is 6.54 Å². The maximum Gasteiger partial charge on any atom is 0.191 e. The molecule has 4 nitrogen and oxygen atoms in total. The van der Waals surface area contributed by atoms with Gasteiger partial charge < -0.3 is 10.6 Å². The normalized spacial score (nSPS) is 11.0. The number of nitrogens with zero attached hydrogens (tertiary/aromatic N) is 2. The number of thiazole rings is 1. The highest BCUT2D eigenvalue weighted by molar-refractivity contribution is 14.0. The summed E-state index contributed by atoms with van der Waals surface area (Å²) >= 11 is 1.71. The van der Waals surface area contributed by atoms with Crippen molar-refractivity contribution in [2.24, 2.45) is 4.99 Å². The molecule has 0 amide bonds.